The summed E-state index contributed by atoms with van der Waals surface area (Å²) in [4.78, 5) is 48.3. The van der Waals surface area contributed by atoms with E-state index in [1.165, 1.54) is 4.90 Å². The second-order valence-electron chi connectivity index (χ2n) is 7.00. The van der Waals surface area contributed by atoms with Gasteiger partial charge in [-0.25, -0.2) is 4.79 Å². The summed E-state index contributed by atoms with van der Waals surface area (Å²) < 4.78 is 15.0. The molecule has 0 radical (unpaired) electrons. The lowest BCUT2D eigenvalue weighted by atomic mass is 10.1. The van der Waals surface area contributed by atoms with Crippen molar-refractivity contribution in [3.8, 4) is 0 Å². The summed E-state index contributed by atoms with van der Waals surface area (Å²) in [5, 5.41) is 0. The van der Waals surface area contributed by atoms with Crippen LogP contribution in [0.3, 0.4) is 0 Å². The van der Waals surface area contributed by atoms with E-state index in [4.69, 9.17) is 14.2 Å². The van der Waals surface area contributed by atoms with Gasteiger partial charge in [0.2, 0.25) is 0 Å². The molecule has 0 rings (SSSR count). The van der Waals surface area contributed by atoms with Crippen molar-refractivity contribution in [3.63, 3.8) is 0 Å². The first-order chi connectivity index (χ1) is 12.6. The second kappa shape index (κ2) is 13.1. The van der Waals surface area contributed by atoms with E-state index in [0.717, 1.165) is 0 Å². The Bertz CT molecular complexity index is 497. The van der Waals surface area contributed by atoms with Crippen molar-refractivity contribution in [2.24, 2.45) is 0 Å². The summed E-state index contributed by atoms with van der Waals surface area (Å²) in [6, 6.07) is 0. The highest BCUT2D eigenvalue weighted by Crippen LogP contribution is 2.12. The van der Waals surface area contributed by atoms with Crippen LogP contribution in [0.2, 0.25) is 0 Å². The summed E-state index contributed by atoms with van der Waals surface area (Å²) in [6.07, 6.45) is 0.651. The maximum Gasteiger partial charge on any atom is 0.410 e. The van der Waals surface area contributed by atoms with E-state index in [0.29, 0.717) is 19.4 Å². The maximum absolute atomic E-state index is 12.3. The molecule has 156 valence electrons. The molecule has 0 aromatic rings. The van der Waals surface area contributed by atoms with E-state index in [-0.39, 0.29) is 50.8 Å². The molecule has 8 nitrogen and oxygen atoms in total. The van der Waals surface area contributed by atoms with Crippen molar-refractivity contribution in [1.29, 1.82) is 0 Å². The number of hydrogen-bond donors (Lipinski definition) is 0. The van der Waals surface area contributed by atoms with Crippen molar-refractivity contribution in [2.45, 2.75) is 72.3 Å². The van der Waals surface area contributed by atoms with Crippen LogP contribution in [0.1, 0.15) is 66.7 Å². The van der Waals surface area contributed by atoms with Gasteiger partial charge in [-0.1, -0.05) is 0 Å². The SMILES string of the molecule is CCOC(=O)CCN(CCCCC(=O)CC(=O)OCC)C(=O)OC(C)(C)C. The van der Waals surface area contributed by atoms with Crippen LogP contribution >= 0.6 is 0 Å². The fourth-order valence-corrected chi connectivity index (χ4v) is 2.17. The fraction of sp³-hybridized carbons (Fsp3) is 0.789. The molecule has 0 bridgehead atoms. The molecule has 0 saturated carbocycles. The maximum atomic E-state index is 12.3. The van der Waals surface area contributed by atoms with Crippen LogP contribution in [0.5, 0.6) is 0 Å². The molecule has 0 spiro atoms. The Balaban J connectivity index is 4.45. The van der Waals surface area contributed by atoms with Gasteiger partial charge < -0.3 is 19.1 Å². The zero-order chi connectivity index (χ0) is 20.9. The van der Waals surface area contributed by atoms with Crippen molar-refractivity contribution < 1.29 is 33.4 Å². The van der Waals surface area contributed by atoms with Crippen LogP contribution in [0.25, 0.3) is 0 Å². The lowest BCUT2D eigenvalue weighted by Crippen LogP contribution is -2.38. The van der Waals surface area contributed by atoms with Crippen LogP contribution in [-0.2, 0) is 28.6 Å². The van der Waals surface area contributed by atoms with E-state index in [9.17, 15) is 19.2 Å². The molecule has 0 aliphatic rings. The Morgan fingerprint density at radius 2 is 1.41 bits per heavy atom. The third-order valence-electron chi connectivity index (χ3n) is 3.32. The van der Waals surface area contributed by atoms with Gasteiger partial charge in [0.15, 0.2) is 0 Å². The number of unbranched alkanes of at least 4 members (excludes halogenated alkanes) is 1. The average Bonchev–Trinajstić information content (AvgIpc) is 2.52. The number of hydrogen-bond acceptors (Lipinski definition) is 7. The molecular formula is C19H33NO7. The highest BCUT2D eigenvalue weighted by molar-refractivity contribution is 5.95. The Hall–Kier alpha value is -2.12. The minimum atomic E-state index is -0.644. The van der Waals surface area contributed by atoms with Crippen LogP contribution < -0.4 is 0 Å². The second-order valence-corrected chi connectivity index (χ2v) is 7.00. The quantitative estimate of drug-likeness (QED) is 0.220. The zero-order valence-corrected chi connectivity index (χ0v) is 17.2. The predicted octanol–water partition coefficient (Wildman–Crippen LogP) is 2.87. The molecule has 0 atom stereocenters. The number of rotatable bonds is 12. The number of esters is 2. The summed E-state index contributed by atoms with van der Waals surface area (Å²) >= 11 is 0. The lowest BCUT2D eigenvalue weighted by molar-refractivity contribution is -0.146. The van der Waals surface area contributed by atoms with Gasteiger partial charge >= 0.3 is 18.0 Å². The van der Waals surface area contributed by atoms with Gasteiger partial charge in [0.1, 0.15) is 17.8 Å². The summed E-state index contributed by atoms with van der Waals surface area (Å²) in [7, 11) is 0. The summed E-state index contributed by atoms with van der Waals surface area (Å²) in [6.45, 7) is 9.77. The molecule has 0 aliphatic carbocycles. The molecule has 8 heteroatoms. The zero-order valence-electron chi connectivity index (χ0n) is 17.2. The molecule has 1 amide bonds. The Kier molecular flexibility index (Phi) is 12.1. The molecule has 27 heavy (non-hydrogen) atoms. The number of amides is 1. The number of nitrogens with zero attached hydrogens (tertiary/aromatic N) is 1. The first-order valence-electron chi connectivity index (χ1n) is 9.39. The van der Waals surface area contributed by atoms with E-state index < -0.39 is 17.7 Å². The summed E-state index contributed by atoms with van der Waals surface area (Å²) in [5.41, 5.74) is -0.644. The first kappa shape index (κ1) is 24.9. The highest BCUT2D eigenvalue weighted by Gasteiger charge is 2.22. The Morgan fingerprint density at radius 1 is 0.815 bits per heavy atom. The van der Waals surface area contributed by atoms with Gasteiger partial charge in [0.25, 0.3) is 0 Å². The monoisotopic (exact) mass is 387 g/mol. The van der Waals surface area contributed by atoms with Gasteiger partial charge in [0, 0.05) is 19.5 Å². The molecule has 0 fully saturated rings. The smallest absolute Gasteiger partial charge is 0.410 e. The van der Waals surface area contributed by atoms with Crippen LogP contribution in [0.15, 0.2) is 0 Å². The van der Waals surface area contributed by atoms with Gasteiger partial charge in [0.05, 0.1) is 19.6 Å². The third kappa shape index (κ3) is 13.7. The molecule has 0 saturated heterocycles. The molecular weight excluding hydrogens is 354 g/mol. The molecule has 0 aromatic heterocycles. The first-order valence-corrected chi connectivity index (χ1v) is 9.39. The van der Waals surface area contributed by atoms with Crippen LogP contribution in [0, 0.1) is 0 Å². The highest BCUT2D eigenvalue weighted by atomic mass is 16.6. The number of carbonyl (C=O) groups excluding carboxylic acids is 4. The fourth-order valence-electron chi connectivity index (χ4n) is 2.17. The standard InChI is InChI=1S/C19H33NO7/c1-6-25-16(22)11-13-20(18(24)27-19(3,4)5)12-9-8-10-15(21)14-17(23)26-7-2/h6-14H2,1-5H3. The average molecular weight is 387 g/mol. The molecule has 0 unspecified atom stereocenters. The molecule has 0 aromatic carbocycles. The van der Waals surface area contributed by atoms with Gasteiger partial charge in [-0.3, -0.25) is 14.4 Å². The third-order valence-corrected chi connectivity index (χ3v) is 3.32. The van der Waals surface area contributed by atoms with E-state index in [1.54, 1.807) is 34.6 Å². The van der Waals surface area contributed by atoms with Crippen molar-refractivity contribution >= 4 is 23.8 Å². The lowest BCUT2D eigenvalue weighted by Gasteiger charge is -2.27. The Morgan fingerprint density at radius 3 is 1.96 bits per heavy atom. The van der Waals surface area contributed by atoms with Crippen LogP contribution in [-0.4, -0.2) is 60.6 Å². The van der Waals surface area contributed by atoms with Crippen molar-refractivity contribution in [1.82, 2.24) is 4.90 Å². The number of Topliss-reactive ketones (excluding diaryl/α,β-unsaturated/α-hetero) is 1. The minimum Gasteiger partial charge on any atom is -0.466 e. The molecule has 0 heterocycles. The van der Waals surface area contributed by atoms with Crippen molar-refractivity contribution in [2.75, 3.05) is 26.3 Å². The molecule has 0 N–H and O–H groups in total. The minimum absolute atomic E-state index is 0.0782. The number of carbonyl (C=O) groups is 4. The van der Waals surface area contributed by atoms with E-state index in [1.807, 2.05) is 0 Å². The Labute approximate surface area is 161 Å². The van der Waals surface area contributed by atoms with E-state index in [2.05, 4.69) is 0 Å². The number of ether oxygens (including phenoxy) is 3. The van der Waals surface area contributed by atoms with E-state index >= 15 is 0 Å². The van der Waals surface area contributed by atoms with Crippen molar-refractivity contribution in [3.05, 3.63) is 0 Å². The van der Waals surface area contributed by atoms with Gasteiger partial charge in [-0.2, -0.15) is 0 Å². The number of ketones is 1. The summed E-state index contributed by atoms with van der Waals surface area (Å²) in [5.74, 6) is -1.09. The predicted molar refractivity (Wildman–Crippen MR) is 99.2 cm³/mol. The topological polar surface area (TPSA) is 99.2 Å². The largest absolute Gasteiger partial charge is 0.466 e. The van der Waals surface area contributed by atoms with Gasteiger partial charge in [-0.15, -0.1) is 0 Å². The van der Waals surface area contributed by atoms with Gasteiger partial charge in [-0.05, 0) is 47.5 Å². The van der Waals surface area contributed by atoms with Crippen LogP contribution in [0.4, 0.5) is 4.79 Å². The normalized spacial score (nSPS) is 10.9. The molecule has 0 aliphatic heterocycles.